The summed E-state index contributed by atoms with van der Waals surface area (Å²) in [5, 5.41) is 22.1. The highest BCUT2D eigenvalue weighted by Gasteiger charge is 2.23. The van der Waals surface area contributed by atoms with Crippen molar-refractivity contribution in [3.05, 3.63) is 29.8 Å². The number of nitriles is 1. The van der Waals surface area contributed by atoms with E-state index in [9.17, 15) is 5.11 Å². The molecule has 1 aliphatic carbocycles. The molecule has 1 aromatic rings. The Hall–Kier alpha value is -1.57. The van der Waals surface area contributed by atoms with Gasteiger partial charge in [0.25, 0.3) is 0 Å². The van der Waals surface area contributed by atoms with Gasteiger partial charge >= 0.3 is 0 Å². The van der Waals surface area contributed by atoms with E-state index in [0.717, 1.165) is 0 Å². The van der Waals surface area contributed by atoms with Crippen LogP contribution < -0.4 is 10.1 Å². The fraction of sp³-hybridized carbons (Fsp3) is 0.562. The summed E-state index contributed by atoms with van der Waals surface area (Å²) < 4.78 is 5.51. The normalized spacial score (nSPS) is 23.2. The predicted molar refractivity (Wildman–Crippen MR) is 77.5 cm³/mol. The first kappa shape index (κ1) is 14.8. The van der Waals surface area contributed by atoms with Crippen LogP contribution in [0, 0.1) is 17.2 Å². The number of nitrogens with one attached hydrogen (secondary N) is 1. The van der Waals surface area contributed by atoms with Crippen LogP contribution in [0.3, 0.4) is 0 Å². The Labute approximate surface area is 120 Å². The molecule has 1 aliphatic rings. The first-order chi connectivity index (χ1) is 9.69. The van der Waals surface area contributed by atoms with Crippen molar-refractivity contribution in [2.45, 2.75) is 38.3 Å². The van der Waals surface area contributed by atoms with Crippen molar-refractivity contribution >= 4 is 0 Å². The van der Waals surface area contributed by atoms with Gasteiger partial charge in [0.05, 0.1) is 11.6 Å². The monoisotopic (exact) mass is 274 g/mol. The standard InChI is InChI=1S/C16H22N2O2/c1-12-4-2-7-16(12)18-10-14(19)11-20-15-6-3-5-13(8-15)9-17/h3,5-6,8,12,14,16,18-19H,2,4,7,10-11H2,1H3. The summed E-state index contributed by atoms with van der Waals surface area (Å²) in [5.74, 6) is 1.31. The molecule has 0 heterocycles. The van der Waals surface area contributed by atoms with Gasteiger partial charge in [-0.1, -0.05) is 19.4 Å². The van der Waals surface area contributed by atoms with Crippen LogP contribution in [-0.2, 0) is 0 Å². The summed E-state index contributed by atoms with van der Waals surface area (Å²) in [6.45, 7) is 3.04. The zero-order valence-electron chi connectivity index (χ0n) is 11.9. The molecule has 2 rings (SSSR count). The van der Waals surface area contributed by atoms with Crippen molar-refractivity contribution in [1.82, 2.24) is 5.32 Å². The molecule has 1 saturated carbocycles. The third-order valence-corrected chi connectivity index (χ3v) is 3.88. The molecule has 0 amide bonds. The minimum atomic E-state index is -0.534. The summed E-state index contributed by atoms with van der Waals surface area (Å²) >= 11 is 0. The second kappa shape index (κ2) is 7.28. The first-order valence-electron chi connectivity index (χ1n) is 7.23. The van der Waals surface area contributed by atoms with Crippen LogP contribution in [0.2, 0.25) is 0 Å². The highest BCUT2D eigenvalue weighted by atomic mass is 16.5. The van der Waals surface area contributed by atoms with Gasteiger partial charge in [0.1, 0.15) is 18.5 Å². The molecule has 3 unspecified atom stereocenters. The lowest BCUT2D eigenvalue weighted by Gasteiger charge is -2.20. The third-order valence-electron chi connectivity index (χ3n) is 3.88. The lowest BCUT2D eigenvalue weighted by molar-refractivity contribution is 0.102. The Morgan fingerprint density at radius 2 is 2.35 bits per heavy atom. The van der Waals surface area contributed by atoms with Gasteiger partial charge in [0.2, 0.25) is 0 Å². The maximum absolute atomic E-state index is 9.93. The van der Waals surface area contributed by atoms with Gasteiger partial charge in [0, 0.05) is 12.6 Å². The maximum Gasteiger partial charge on any atom is 0.120 e. The van der Waals surface area contributed by atoms with Gasteiger partial charge in [0.15, 0.2) is 0 Å². The zero-order valence-corrected chi connectivity index (χ0v) is 11.9. The lowest BCUT2D eigenvalue weighted by Crippen LogP contribution is -2.39. The van der Waals surface area contributed by atoms with Gasteiger partial charge < -0.3 is 15.2 Å². The van der Waals surface area contributed by atoms with Gasteiger partial charge in [-0.3, -0.25) is 0 Å². The molecular formula is C16H22N2O2. The molecule has 20 heavy (non-hydrogen) atoms. The number of aliphatic hydroxyl groups excluding tert-OH is 1. The van der Waals surface area contributed by atoms with Crippen molar-refractivity contribution < 1.29 is 9.84 Å². The molecule has 0 aromatic heterocycles. The van der Waals surface area contributed by atoms with Gasteiger partial charge in [-0.15, -0.1) is 0 Å². The summed E-state index contributed by atoms with van der Waals surface area (Å²) in [6, 6.07) is 9.56. The number of benzene rings is 1. The van der Waals surface area contributed by atoms with Crippen LogP contribution in [0.4, 0.5) is 0 Å². The number of aliphatic hydroxyl groups is 1. The lowest BCUT2D eigenvalue weighted by atomic mass is 10.1. The van der Waals surface area contributed by atoms with Crippen LogP contribution in [-0.4, -0.2) is 30.4 Å². The van der Waals surface area contributed by atoms with Crippen molar-refractivity contribution in [2.24, 2.45) is 5.92 Å². The van der Waals surface area contributed by atoms with E-state index < -0.39 is 6.10 Å². The highest BCUT2D eigenvalue weighted by molar-refractivity contribution is 5.36. The molecule has 4 heteroatoms. The molecule has 0 aliphatic heterocycles. The zero-order chi connectivity index (χ0) is 14.4. The van der Waals surface area contributed by atoms with E-state index in [2.05, 4.69) is 18.3 Å². The Morgan fingerprint density at radius 1 is 1.50 bits per heavy atom. The Morgan fingerprint density at radius 3 is 3.05 bits per heavy atom. The van der Waals surface area contributed by atoms with Crippen LogP contribution in [0.25, 0.3) is 0 Å². The van der Waals surface area contributed by atoms with Crippen molar-refractivity contribution in [2.75, 3.05) is 13.2 Å². The second-order valence-electron chi connectivity index (χ2n) is 5.53. The largest absolute Gasteiger partial charge is 0.491 e. The van der Waals surface area contributed by atoms with Gasteiger partial charge in [-0.05, 0) is 37.0 Å². The number of nitrogens with zero attached hydrogens (tertiary/aromatic N) is 1. The molecule has 108 valence electrons. The second-order valence-corrected chi connectivity index (χ2v) is 5.53. The molecule has 0 spiro atoms. The topological polar surface area (TPSA) is 65.3 Å². The summed E-state index contributed by atoms with van der Waals surface area (Å²) in [4.78, 5) is 0. The minimum Gasteiger partial charge on any atom is -0.491 e. The molecule has 1 fully saturated rings. The highest BCUT2D eigenvalue weighted by Crippen LogP contribution is 2.24. The number of rotatable bonds is 6. The van der Waals surface area contributed by atoms with Gasteiger partial charge in [-0.25, -0.2) is 0 Å². The van der Waals surface area contributed by atoms with E-state index >= 15 is 0 Å². The van der Waals surface area contributed by atoms with Gasteiger partial charge in [-0.2, -0.15) is 5.26 Å². The van der Waals surface area contributed by atoms with E-state index in [1.165, 1.54) is 19.3 Å². The van der Waals surface area contributed by atoms with Crippen molar-refractivity contribution in [1.29, 1.82) is 5.26 Å². The Bertz CT molecular complexity index is 470. The van der Waals surface area contributed by atoms with Crippen LogP contribution in [0.15, 0.2) is 24.3 Å². The molecule has 1 aromatic carbocycles. The molecule has 4 nitrogen and oxygen atoms in total. The van der Waals surface area contributed by atoms with Crippen molar-refractivity contribution in [3.63, 3.8) is 0 Å². The Balaban J connectivity index is 1.71. The summed E-state index contributed by atoms with van der Waals surface area (Å²) in [5.41, 5.74) is 0.565. The summed E-state index contributed by atoms with van der Waals surface area (Å²) in [6.07, 6.45) is 3.20. The number of hydrogen-bond acceptors (Lipinski definition) is 4. The van der Waals surface area contributed by atoms with E-state index in [1.54, 1.807) is 24.3 Å². The molecule has 0 saturated heterocycles. The van der Waals surface area contributed by atoms with Crippen LogP contribution in [0.1, 0.15) is 31.7 Å². The molecular weight excluding hydrogens is 252 g/mol. The fourth-order valence-corrected chi connectivity index (χ4v) is 2.64. The maximum atomic E-state index is 9.93. The SMILES string of the molecule is CC1CCCC1NCC(O)COc1cccc(C#N)c1. The predicted octanol–water partition coefficient (Wildman–Crippen LogP) is 2.08. The van der Waals surface area contributed by atoms with Crippen LogP contribution in [0.5, 0.6) is 5.75 Å². The molecule has 0 bridgehead atoms. The fourth-order valence-electron chi connectivity index (χ4n) is 2.64. The quantitative estimate of drug-likeness (QED) is 0.833. The van der Waals surface area contributed by atoms with E-state index in [0.29, 0.717) is 29.8 Å². The van der Waals surface area contributed by atoms with E-state index in [1.807, 2.05) is 0 Å². The van der Waals surface area contributed by atoms with Crippen molar-refractivity contribution in [3.8, 4) is 11.8 Å². The smallest absolute Gasteiger partial charge is 0.120 e. The average molecular weight is 274 g/mol. The molecule has 2 N–H and O–H groups in total. The Kier molecular flexibility index (Phi) is 5.40. The molecule has 3 atom stereocenters. The number of hydrogen-bond donors (Lipinski definition) is 2. The third kappa shape index (κ3) is 4.22. The van der Waals surface area contributed by atoms with Crippen LogP contribution >= 0.6 is 0 Å². The average Bonchev–Trinajstić information content (AvgIpc) is 2.88. The first-order valence-corrected chi connectivity index (χ1v) is 7.23. The minimum absolute atomic E-state index is 0.239. The summed E-state index contributed by atoms with van der Waals surface area (Å²) in [7, 11) is 0. The van der Waals surface area contributed by atoms with E-state index in [4.69, 9.17) is 10.00 Å². The molecule has 0 radical (unpaired) electrons. The number of ether oxygens (including phenoxy) is 1. The van der Waals surface area contributed by atoms with E-state index in [-0.39, 0.29) is 6.61 Å².